The zero-order chi connectivity index (χ0) is 36.7. The van der Waals surface area contributed by atoms with Crippen LogP contribution in [0.3, 0.4) is 0 Å². The van der Waals surface area contributed by atoms with E-state index in [1.165, 1.54) is 76.1 Å². The first kappa shape index (κ1) is 31.0. The average molecular weight is 713 g/mol. The molecule has 260 valence electrons. The van der Waals surface area contributed by atoms with Crippen molar-refractivity contribution in [1.29, 1.82) is 0 Å². The Morgan fingerprint density at radius 3 is 0.821 bits per heavy atom. The van der Waals surface area contributed by atoms with Crippen LogP contribution in [0.15, 0.2) is 203 Å². The van der Waals surface area contributed by atoms with E-state index in [-0.39, 0.29) is 0 Å². The number of fused-ring (bicyclic) bond motifs is 7. The smallest absolute Gasteiger partial charge is 0.136 e. The minimum atomic E-state index is 0.884. The van der Waals surface area contributed by atoms with Crippen LogP contribution in [0.5, 0.6) is 0 Å². The number of furan rings is 2. The Morgan fingerprint density at radius 1 is 0.232 bits per heavy atom. The van der Waals surface area contributed by atoms with Crippen LogP contribution in [-0.4, -0.2) is 0 Å². The van der Waals surface area contributed by atoms with Crippen molar-refractivity contribution in [2.75, 3.05) is 0 Å². The first-order valence-electron chi connectivity index (χ1n) is 19.2. The van der Waals surface area contributed by atoms with Gasteiger partial charge < -0.3 is 8.83 Å². The topological polar surface area (TPSA) is 26.3 Å². The van der Waals surface area contributed by atoms with Gasteiger partial charge in [-0.2, -0.15) is 0 Å². The van der Waals surface area contributed by atoms with Gasteiger partial charge in [-0.25, -0.2) is 0 Å². The highest BCUT2D eigenvalue weighted by Gasteiger charge is 2.23. The molecule has 0 saturated heterocycles. The molecule has 0 atom stereocenters. The number of hydrogen-bond acceptors (Lipinski definition) is 2. The molecular formula is C54H32O2. The van der Waals surface area contributed by atoms with Crippen LogP contribution < -0.4 is 0 Å². The third-order valence-electron chi connectivity index (χ3n) is 11.7. The maximum Gasteiger partial charge on any atom is 0.136 e. The molecule has 12 rings (SSSR count). The quantitative estimate of drug-likeness (QED) is 0.170. The lowest BCUT2D eigenvalue weighted by molar-refractivity contribution is 0.632. The minimum Gasteiger partial charge on any atom is -0.456 e. The van der Waals surface area contributed by atoms with Crippen molar-refractivity contribution in [2.24, 2.45) is 0 Å². The molecule has 12 aromatic rings. The van der Waals surface area contributed by atoms with E-state index in [0.717, 1.165) is 44.6 Å². The summed E-state index contributed by atoms with van der Waals surface area (Å²) in [5.74, 6) is 1.77. The third kappa shape index (κ3) is 4.50. The number of para-hydroxylation sites is 2. The maximum atomic E-state index is 6.57. The van der Waals surface area contributed by atoms with E-state index in [9.17, 15) is 0 Å². The highest BCUT2D eigenvalue weighted by Crippen LogP contribution is 2.50. The molecule has 10 aromatic carbocycles. The van der Waals surface area contributed by atoms with Gasteiger partial charge in [0.1, 0.15) is 22.7 Å². The Labute approximate surface area is 322 Å². The summed E-state index contributed by atoms with van der Waals surface area (Å²) < 4.78 is 13.1. The van der Waals surface area contributed by atoms with Crippen molar-refractivity contribution in [3.8, 4) is 44.9 Å². The van der Waals surface area contributed by atoms with E-state index in [4.69, 9.17) is 8.83 Å². The van der Waals surface area contributed by atoms with E-state index in [1.54, 1.807) is 0 Å². The second-order valence-electron chi connectivity index (χ2n) is 14.7. The van der Waals surface area contributed by atoms with E-state index >= 15 is 0 Å². The highest BCUT2D eigenvalue weighted by atomic mass is 16.3. The fourth-order valence-corrected chi connectivity index (χ4v) is 9.31. The first-order chi connectivity index (χ1) is 27.8. The Morgan fingerprint density at radius 2 is 0.500 bits per heavy atom. The van der Waals surface area contributed by atoms with Crippen LogP contribution in [0, 0.1) is 0 Å². The van der Waals surface area contributed by atoms with Gasteiger partial charge in [0, 0.05) is 21.9 Å². The normalized spacial score (nSPS) is 11.9. The molecule has 0 aliphatic carbocycles. The lowest BCUT2D eigenvalue weighted by Gasteiger charge is -2.20. The van der Waals surface area contributed by atoms with E-state index in [0.29, 0.717) is 0 Å². The molecule has 2 aromatic heterocycles. The number of rotatable bonds is 4. The summed E-state index contributed by atoms with van der Waals surface area (Å²) in [5, 5.41) is 14.1. The molecule has 0 unspecified atom stereocenters. The van der Waals surface area contributed by atoms with Crippen LogP contribution in [0.25, 0.3) is 121 Å². The van der Waals surface area contributed by atoms with Crippen molar-refractivity contribution >= 4 is 75.8 Å². The fraction of sp³-hybridized carbons (Fsp3) is 0. The second kappa shape index (κ2) is 12.0. The minimum absolute atomic E-state index is 0.884. The van der Waals surface area contributed by atoms with E-state index in [1.807, 2.05) is 24.3 Å². The van der Waals surface area contributed by atoms with Gasteiger partial charge in [0.05, 0.1) is 0 Å². The summed E-state index contributed by atoms with van der Waals surface area (Å²) in [6.45, 7) is 0. The summed E-state index contributed by atoms with van der Waals surface area (Å²) in [5.41, 5.74) is 8.92. The molecular weight excluding hydrogens is 681 g/mol. The lowest BCUT2D eigenvalue weighted by Crippen LogP contribution is -1.93. The van der Waals surface area contributed by atoms with Gasteiger partial charge in [-0.1, -0.05) is 170 Å². The monoisotopic (exact) mass is 712 g/mol. The first-order valence-corrected chi connectivity index (χ1v) is 19.2. The van der Waals surface area contributed by atoms with Gasteiger partial charge in [0.2, 0.25) is 0 Å². The van der Waals surface area contributed by atoms with Gasteiger partial charge in [0.25, 0.3) is 0 Å². The summed E-state index contributed by atoms with van der Waals surface area (Å²) in [4.78, 5) is 0. The van der Waals surface area contributed by atoms with Crippen LogP contribution >= 0.6 is 0 Å². The van der Waals surface area contributed by atoms with Gasteiger partial charge in [-0.15, -0.1) is 0 Å². The predicted octanol–water partition coefficient (Wildman–Crippen LogP) is 15.6. The van der Waals surface area contributed by atoms with Gasteiger partial charge >= 0.3 is 0 Å². The van der Waals surface area contributed by atoms with Crippen LogP contribution in [0.4, 0.5) is 0 Å². The zero-order valence-electron chi connectivity index (χ0n) is 30.3. The number of benzene rings is 10. The van der Waals surface area contributed by atoms with Crippen LogP contribution in [-0.2, 0) is 0 Å². The summed E-state index contributed by atoms with van der Waals surface area (Å²) >= 11 is 0. The standard InChI is InChI=1S/C54H32O2/c1-13-27-47-33(15-1)31-49(55-47)53-41-23-9-5-19-37(41)51(38-20-6-10-24-42(38)53)45-29-30-46(36-18-4-3-17-35(36)45)52-39-21-7-11-25-43(39)54(44-26-12-8-22-40(44)52)50-32-34-16-2-14-28-48(34)56-50/h1-32H. The van der Waals surface area contributed by atoms with E-state index in [2.05, 4.69) is 170 Å². The fourth-order valence-electron chi connectivity index (χ4n) is 9.31. The van der Waals surface area contributed by atoms with Gasteiger partial charge in [-0.3, -0.25) is 0 Å². The van der Waals surface area contributed by atoms with Crippen molar-refractivity contribution in [3.05, 3.63) is 194 Å². The molecule has 56 heavy (non-hydrogen) atoms. The van der Waals surface area contributed by atoms with Gasteiger partial charge in [-0.05, 0) is 100 Å². The van der Waals surface area contributed by atoms with Crippen molar-refractivity contribution in [3.63, 3.8) is 0 Å². The molecule has 0 saturated carbocycles. The molecule has 2 nitrogen and oxygen atoms in total. The third-order valence-corrected chi connectivity index (χ3v) is 11.7. The van der Waals surface area contributed by atoms with Crippen molar-refractivity contribution < 1.29 is 8.83 Å². The molecule has 0 radical (unpaired) electrons. The Hall–Kier alpha value is -7.42. The molecule has 0 N–H and O–H groups in total. The Kier molecular flexibility index (Phi) is 6.66. The zero-order valence-corrected chi connectivity index (χ0v) is 30.3. The summed E-state index contributed by atoms with van der Waals surface area (Å²) in [6.07, 6.45) is 0. The summed E-state index contributed by atoms with van der Waals surface area (Å²) in [6, 6.07) is 69.7. The lowest BCUT2D eigenvalue weighted by atomic mass is 9.83. The van der Waals surface area contributed by atoms with Crippen LogP contribution in [0.1, 0.15) is 0 Å². The Bertz CT molecular complexity index is 3130. The summed E-state index contributed by atoms with van der Waals surface area (Å²) in [7, 11) is 0. The molecule has 0 amide bonds. The largest absolute Gasteiger partial charge is 0.456 e. The highest BCUT2D eigenvalue weighted by molar-refractivity contribution is 6.27. The molecule has 0 aliphatic heterocycles. The molecule has 0 spiro atoms. The van der Waals surface area contributed by atoms with E-state index < -0.39 is 0 Å². The SMILES string of the molecule is c1ccc2oc(-c3c4ccccc4c(-c4ccc(-c5c6ccccc6c(-c6cc7ccccc7o6)c6ccccc56)c5ccccc45)c4ccccc34)cc2c1. The number of hydrogen-bond donors (Lipinski definition) is 0. The van der Waals surface area contributed by atoms with Crippen molar-refractivity contribution in [1.82, 2.24) is 0 Å². The maximum absolute atomic E-state index is 6.57. The molecule has 0 aliphatic rings. The molecule has 0 bridgehead atoms. The van der Waals surface area contributed by atoms with Gasteiger partial charge in [0.15, 0.2) is 0 Å². The molecule has 0 fully saturated rings. The van der Waals surface area contributed by atoms with Crippen molar-refractivity contribution in [2.45, 2.75) is 0 Å². The van der Waals surface area contributed by atoms with Crippen LogP contribution in [0.2, 0.25) is 0 Å². The second-order valence-corrected chi connectivity index (χ2v) is 14.7. The predicted molar refractivity (Wildman–Crippen MR) is 235 cm³/mol. The molecule has 2 heteroatoms. The average Bonchev–Trinajstić information content (AvgIpc) is 3.89. The molecule has 2 heterocycles. The Balaban J connectivity index is 1.15.